The number of anilines is 1. The molecule has 0 radical (unpaired) electrons. The average molecular weight is 254 g/mol. The molecule has 2 N–H and O–H groups in total. The van der Waals surface area contributed by atoms with Gasteiger partial charge in [-0.15, -0.1) is 0 Å². The molecule has 0 saturated heterocycles. The van der Waals surface area contributed by atoms with E-state index in [-0.39, 0.29) is 5.82 Å². The van der Waals surface area contributed by atoms with Gasteiger partial charge in [0.05, 0.1) is 0 Å². The number of aromatic nitrogens is 2. The Kier molecular flexibility index (Phi) is 5.03. The number of aldehydes is 1. The van der Waals surface area contributed by atoms with Crippen LogP contribution in [0.1, 0.15) is 10.4 Å². The molecule has 0 amide bonds. The van der Waals surface area contributed by atoms with Gasteiger partial charge in [0.1, 0.15) is 11.0 Å². The molecule has 2 aromatic heterocycles. The number of nitrogens with zero attached hydrogens (tertiary/aromatic N) is 2. The van der Waals surface area contributed by atoms with Crippen LogP contribution in [0.5, 0.6) is 0 Å². The predicted octanol–water partition coefficient (Wildman–Crippen LogP) is 2.35. The van der Waals surface area contributed by atoms with Crippen molar-refractivity contribution in [3.05, 3.63) is 53.2 Å². The van der Waals surface area contributed by atoms with E-state index in [1.165, 1.54) is 24.4 Å². The summed E-state index contributed by atoms with van der Waals surface area (Å²) in [6, 6.07) is 7.48. The first-order chi connectivity index (χ1) is 8.11. The van der Waals surface area contributed by atoms with Crippen LogP contribution in [0, 0.1) is 5.95 Å². The molecule has 2 aromatic rings. The van der Waals surface area contributed by atoms with Crippen LogP contribution in [-0.2, 0) is 0 Å². The number of rotatable bonds is 1. The Morgan fingerprint density at radius 3 is 2.47 bits per heavy atom. The second kappa shape index (κ2) is 6.55. The molecule has 0 bridgehead atoms. The molecule has 2 rings (SSSR count). The number of pyridine rings is 2. The minimum Gasteiger partial charge on any atom is -0.384 e. The van der Waals surface area contributed by atoms with E-state index in [1.807, 2.05) is 0 Å². The van der Waals surface area contributed by atoms with E-state index in [2.05, 4.69) is 9.97 Å². The van der Waals surface area contributed by atoms with Gasteiger partial charge in [-0.2, -0.15) is 4.39 Å². The summed E-state index contributed by atoms with van der Waals surface area (Å²) < 4.78 is 12.0. The van der Waals surface area contributed by atoms with E-state index in [0.717, 1.165) is 6.29 Å². The van der Waals surface area contributed by atoms with Gasteiger partial charge < -0.3 is 5.73 Å². The summed E-state index contributed by atoms with van der Waals surface area (Å²) in [5.41, 5.74) is 5.65. The molecule has 6 heteroatoms. The maximum atomic E-state index is 12.0. The van der Waals surface area contributed by atoms with Crippen LogP contribution >= 0.6 is 11.6 Å². The molecule has 0 saturated carbocycles. The van der Waals surface area contributed by atoms with Gasteiger partial charge in [0.15, 0.2) is 6.29 Å². The van der Waals surface area contributed by atoms with E-state index >= 15 is 0 Å². The summed E-state index contributed by atoms with van der Waals surface area (Å²) in [6.45, 7) is 0. The van der Waals surface area contributed by atoms with Crippen LogP contribution in [-0.4, -0.2) is 16.3 Å². The van der Waals surface area contributed by atoms with Crippen LogP contribution in [0.15, 0.2) is 36.5 Å². The Hall–Kier alpha value is -2.01. The molecule has 0 atom stereocenters. The molecule has 0 unspecified atom stereocenters. The number of hydrogen-bond acceptors (Lipinski definition) is 4. The third kappa shape index (κ3) is 5.03. The Balaban J connectivity index is 0.000000171. The van der Waals surface area contributed by atoms with Gasteiger partial charge in [-0.1, -0.05) is 17.7 Å². The highest BCUT2D eigenvalue weighted by molar-refractivity contribution is 6.29. The molecule has 4 nitrogen and oxygen atoms in total. The number of nitrogen functional groups attached to an aromatic ring is 1. The van der Waals surface area contributed by atoms with E-state index in [9.17, 15) is 9.18 Å². The summed E-state index contributed by atoms with van der Waals surface area (Å²) in [7, 11) is 0. The van der Waals surface area contributed by atoms with Crippen molar-refractivity contribution in [2.45, 2.75) is 0 Å². The molecule has 0 aliphatic carbocycles. The minimum absolute atomic E-state index is 0.213. The lowest BCUT2D eigenvalue weighted by Gasteiger charge is -1.87. The monoisotopic (exact) mass is 253 g/mol. The SMILES string of the molecule is Nc1cccc(F)n1.O=Cc1ccc(Cl)nc1. The number of carbonyl (C=O) groups is 1. The average Bonchev–Trinajstić information content (AvgIpc) is 2.30. The fourth-order valence-corrected chi connectivity index (χ4v) is 0.993. The fraction of sp³-hybridized carbons (Fsp3) is 0. The van der Waals surface area contributed by atoms with E-state index in [1.54, 1.807) is 12.1 Å². The van der Waals surface area contributed by atoms with E-state index < -0.39 is 5.95 Å². The summed E-state index contributed by atoms with van der Waals surface area (Å²) in [4.78, 5) is 17.0. The zero-order valence-corrected chi connectivity index (χ0v) is 9.43. The number of carbonyl (C=O) groups excluding carboxylic acids is 1. The maximum absolute atomic E-state index is 12.0. The van der Waals surface area contributed by atoms with Gasteiger partial charge in [0.2, 0.25) is 5.95 Å². The van der Waals surface area contributed by atoms with Gasteiger partial charge >= 0.3 is 0 Å². The van der Waals surface area contributed by atoms with Crippen LogP contribution in [0.25, 0.3) is 0 Å². The van der Waals surface area contributed by atoms with Crippen molar-refractivity contribution < 1.29 is 9.18 Å². The van der Waals surface area contributed by atoms with Gasteiger partial charge in [-0.05, 0) is 24.3 Å². The number of nitrogens with two attached hydrogens (primary N) is 1. The lowest BCUT2D eigenvalue weighted by molar-refractivity contribution is 0.112. The van der Waals surface area contributed by atoms with Crippen molar-refractivity contribution in [2.75, 3.05) is 5.73 Å². The first-order valence-corrected chi connectivity index (χ1v) is 4.94. The first-order valence-electron chi connectivity index (χ1n) is 4.56. The molecule has 0 aliphatic heterocycles. The summed E-state index contributed by atoms with van der Waals surface area (Å²) in [6.07, 6.45) is 2.15. The van der Waals surface area contributed by atoms with E-state index in [4.69, 9.17) is 17.3 Å². The molecule has 88 valence electrons. The quantitative estimate of drug-likeness (QED) is 0.626. The molecule has 0 aliphatic rings. The van der Waals surface area contributed by atoms with Crippen LogP contribution in [0.4, 0.5) is 10.2 Å². The van der Waals surface area contributed by atoms with Gasteiger partial charge in [-0.25, -0.2) is 9.97 Å². The second-order valence-electron chi connectivity index (χ2n) is 2.92. The summed E-state index contributed by atoms with van der Waals surface area (Å²) in [5, 5.41) is 0.403. The lowest BCUT2D eigenvalue weighted by Crippen LogP contribution is -1.90. The highest BCUT2D eigenvalue weighted by atomic mass is 35.5. The predicted molar refractivity (Wildman–Crippen MR) is 63.2 cm³/mol. The normalized spacial score (nSPS) is 9.06. The molecule has 0 fully saturated rings. The van der Waals surface area contributed by atoms with Gasteiger partial charge in [0, 0.05) is 11.8 Å². The fourth-order valence-electron chi connectivity index (χ4n) is 0.881. The lowest BCUT2D eigenvalue weighted by atomic mass is 10.3. The highest BCUT2D eigenvalue weighted by Gasteiger charge is 1.88. The van der Waals surface area contributed by atoms with Gasteiger partial charge in [-0.3, -0.25) is 4.79 Å². The Bertz CT molecular complexity index is 473. The Morgan fingerprint density at radius 2 is 2.06 bits per heavy atom. The third-order valence-electron chi connectivity index (χ3n) is 1.62. The zero-order chi connectivity index (χ0) is 12.7. The van der Waals surface area contributed by atoms with Crippen molar-refractivity contribution in [2.24, 2.45) is 0 Å². The second-order valence-corrected chi connectivity index (χ2v) is 3.30. The maximum Gasteiger partial charge on any atom is 0.214 e. The van der Waals surface area contributed by atoms with Crippen LogP contribution < -0.4 is 5.73 Å². The third-order valence-corrected chi connectivity index (χ3v) is 1.85. The van der Waals surface area contributed by atoms with Crippen molar-refractivity contribution in [1.82, 2.24) is 9.97 Å². The Morgan fingerprint density at radius 1 is 1.29 bits per heavy atom. The summed E-state index contributed by atoms with van der Waals surface area (Å²) >= 11 is 5.44. The van der Waals surface area contributed by atoms with Crippen molar-refractivity contribution in [1.29, 1.82) is 0 Å². The smallest absolute Gasteiger partial charge is 0.214 e. The molecule has 2 heterocycles. The zero-order valence-electron chi connectivity index (χ0n) is 8.68. The molecular weight excluding hydrogens is 245 g/mol. The number of hydrogen-bond donors (Lipinski definition) is 1. The topological polar surface area (TPSA) is 68.9 Å². The van der Waals surface area contributed by atoms with Crippen molar-refractivity contribution >= 4 is 23.7 Å². The largest absolute Gasteiger partial charge is 0.384 e. The van der Waals surface area contributed by atoms with Crippen molar-refractivity contribution in [3.63, 3.8) is 0 Å². The van der Waals surface area contributed by atoms with Crippen LogP contribution in [0.3, 0.4) is 0 Å². The molecule has 0 spiro atoms. The summed E-state index contributed by atoms with van der Waals surface area (Å²) in [5.74, 6) is -0.324. The first kappa shape index (κ1) is 13.1. The Labute approximate surface area is 102 Å². The molecule has 0 aromatic carbocycles. The van der Waals surface area contributed by atoms with Gasteiger partial charge in [0.25, 0.3) is 0 Å². The molecular formula is C11H9ClFN3O. The minimum atomic E-state index is -0.537. The highest BCUT2D eigenvalue weighted by Crippen LogP contribution is 2.02. The number of halogens is 2. The molecule has 17 heavy (non-hydrogen) atoms. The van der Waals surface area contributed by atoms with Crippen molar-refractivity contribution in [3.8, 4) is 0 Å². The van der Waals surface area contributed by atoms with Crippen LogP contribution in [0.2, 0.25) is 5.15 Å². The standard InChI is InChI=1S/C6H4ClNO.C5H5FN2/c7-6-2-1-5(4-9)3-8-6;6-4-2-1-3-5(7)8-4/h1-4H;1-3H,(H2,7,8). The van der Waals surface area contributed by atoms with E-state index in [0.29, 0.717) is 10.7 Å².